The predicted octanol–water partition coefficient (Wildman–Crippen LogP) is 7.67. The smallest absolute Gasteiger partial charge is 0.166 e. The number of halogens is 3. The second-order valence-electron chi connectivity index (χ2n) is 9.74. The largest absolute Gasteiger partial charge is 0.393 e. The average Bonchev–Trinajstić information content (AvgIpc) is 3.70. The van der Waals surface area contributed by atoms with Crippen LogP contribution in [0.3, 0.4) is 0 Å². The van der Waals surface area contributed by atoms with Gasteiger partial charge in [-0.05, 0) is 72.8 Å². The van der Waals surface area contributed by atoms with E-state index in [-0.39, 0.29) is 35.4 Å². The number of rotatable bonds is 6. The monoisotopic (exact) mass is 478 g/mol. The van der Waals surface area contributed by atoms with Gasteiger partial charge in [0.25, 0.3) is 0 Å². The predicted molar refractivity (Wildman–Crippen MR) is 132 cm³/mol. The Morgan fingerprint density at radius 1 is 0.829 bits per heavy atom. The summed E-state index contributed by atoms with van der Waals surface area (Å²) in [7, 11) is 0. The summed E-state index contributed by atoms with van der Waals surface area (Å²) in [5.41, 5.74) is 3.46. The van der Waals surface area contributed by atoms with Crippen molar-refractivity contribution in [1.82, 2.24) is 0 Å². The van der Waals surface area contributed by atoms with Gasteiger partial charge >= 0.3 is 0 Å². The van der Waals surface area contributed by atoms with Gasteiger partial charge in [-0.2, -0.15) is 0 Å². The molecule has 0 spiro atoms. The van der Waals surface area contributed by atoms with Gasteiger partial charge in [0.05, 0.1) is 12.7 Å². The van der Waals surface area contributed by atoms with Gasteiger partial charge in [0.2, 0.25) is 0 Å². The van der Waals surface area contributed by atoms with Gasteiger partial charge in [-0.25, -0.2) is 13.2 Å². The van der Waals surface area contributed by atoms with Crippen LogP contribution in [0.2, 0.25) is 0 Å². The highest BCUT2D eigenvalue weighted by molar-refractivity contribution is 5.72. The van der Waals surface area contributed by atoms with E-state index in [0.29, 0.717) is 23.3 Å². The second kappa shape index (κ2) is 10.00. The molecule has 0 aromatic heterocycles. The lowest BCUT2D eigenvalue weighted by atomic mass is 9.76. The lowest BCUT2D eigenvalue weighted by molar-refractivity contribution is 0.0964. The average molecular weight is 479 g/mol. The molecule has 182 valence electrons. The molecule has 1 aliphatic heterocycles. The SMILES string of the molecule is CC(O)C1CCC(c2ccc(-c3ccc(/C=C/c4ccc(C5CO5)c(F)c4)cc3)c(F)c2F)CC1. The molecular formula is C30H29F3O2. The van der Waals surface area contributed by atoms with Crippen molar-refractivity contribution in [3.8, 4) is 11.1 Å². The summed E-state index contributed by atoms with van der Waals surface area (Å²) in [6.45, 7) is 2.36. The van der Waals surface area contributed by atoms with E-state index in [1.807, 2.05) is 30.4 Å². The van der Waals surface area contributed by atoms with E-state index in [1.165, 1.54) is 6.07 Å². The number of benzene rings is 3. The normalized spacial score (nSPS) is 22.9. The van der Waals surface area contributed by atoms with Crippen molar-refractivity contribution < 1.29 is 23.0 Å². The molecule has 1 N–H and O–H groups in total. The molecule has 2 fully saturated rings. The molecule has 2 atom stereocenters. The van der Waals surface area contributed by atoms with Crippen LogP contribution in [0.1, 0.15) is 66.9 Å². The first-order chi connectivity index (χ1) is 16.9. The zero-order chi connectivity index (χ0) is 24.5. The van der Waals surface area contributed by atoms with Crippen molar-refractivity contribution in [3.05, 3.63) is 94.3 Å². The van der Waals surface area contributed by atoms with E-state index < -0.39 is 11.6 Å². The third-order valence-electron chi connectivity index (χ3n) is 7.40. The quantitative estimate of drug-likeness (QED) is 0.291. The summed E-state index contributed by atoms with van der Waals surface area (Å²) >= 11 is 0. The minimum absolute atomic E-state index is 0.0169. The Kier molecular flexibility index (Phi) is 6.81. The summed E-state index contributed by atoms with van der Waals surface area (Å²) in [4.78, 5) is 0. The second-order valence-corrected chi connectivity index (χ2v) is 9.74. The number of epoxide rings is 1. The van der Waals surface area contributed by atoms with E-state index in [2.05, 4.69) is 0 Å². The molecule has 3 aromatic rings. The summed E-state index contributed by atoms with van der Waals surface area (Å²) in [5, 5.41) is 9.79. The number of ether oxygens (including phenoxy) is 1. The van der Waals surface area contributed by atoms with Crippen molar-refractivity contribution in [3.63, 3.8) is 0 Å². The van der Waals surface area contributed by atoms with Crippen LogP contribution < -0.4 is 0 Å². The van der Waals surface area contributed by atoms with Crippen LogP contribution >= 0.6 is 0 Å². The molecule has 2 nitrogen and oxygen atoms in total. The van der Waals surface area contributed by atoms with Crippen LogP contribution in [-0.4, -0.2) is 17.8 Å². The van der Waals surface area contributed by atoms with Crippen molar-refractivity contribution >= 4 is 12.2 Å². The minimum atomic E-state index is -0.821. The number of hydrogen-bond donors (Lipinski definition) is 1. The summed E-state index contributed by atoms with van der Waals surface area (Å²) < 4.78 is 49.4. The minimum Gasteiger partial charge on any atom is -0.393 e. The van der Waals surface area contributed by atoms with E-state index in [0.717, 1.165) is 36.8 Å². The first kappa shape index (κ1) is 23.8. The molecule has 1 heterocycles. The Hall–Kier alpha value is -2.89. The van der Waals surface area contributed by atoms with Gasteiger partial charge in [0, 0.05) is 11.1 Å². The molecule has 3 aromatic carbocycles. The van der Waals surface area contributed by atoms with Gasteiger partial charge in [0.15, 0.2) is 11.6 Å². The highest BCUT2D eigenvalue weighted by atomic mass is 19.2. The fraction of sp³-hybridized carbons (Fsp3) is 0.333. The molecule has 5 rings (SSSR count). The molecule has 2 unspecified atom stereocenters. The third-order valence-corrected chi connectivity index (χ3v) is 7.40. The van der Waals surface area contributed by atoms with Crippen LogP contribution in [0.5, 0.6) is 0 Å². The van der Waals surface area contributed by atoms with Gasteiger partial charge in [-0.3, -0.25) is 0 Å². The van der Waals surface area contributed by atoms with Crippen LogP contribution in [0.25, 0.3) is 23.3 Å². The van der Waals surface area contributed by atoms with E-state index >= 15 is 8.78 Å². The van der Waals surface area contributed by atoms with E-state index in [9.17, 15) is 9.50 Å². The van der Waals surface area contributed by atoms with Gasteiger partial charge in [-0.15, -0.1) is 0 Å². The molecule has 0 bridgehead atoms. The maximum atomic E-state index is 15.0. The Morgan fingerprint density at radius 3 is 2.09 bits per heavy atom. The van der Waals surface area contributed by atoms with Gasteiger partial charge in [-0.1, -0.05) is 60.7 Å². The Morgan fingerprint density at radius 2 is 1.46 bits per heavy atom. The topological polar surface area (TPSA) is 32.8 Å². The van der Waals surface area contributed by atoms with E-state index in [1.54, 1.807) is 37.3 Å². The van der Waals surface area contributed by atoms with Gasteiger partial charge < -0.3 is 9.84 Å². The summed E-state index contributed by atoms with van der Waals surface area (Å²) in [6.07, 6.45) is 6.36. The number of hydrogen-bond acceptors (Lipinski definition) is 2. The van der Waals surface area contributed by atoms with Crippen LogP contribution in [0.15, 0.2) is 54.6 Å². The zero-order valence-electron chi connectivity index (χ0n) is 19.7. The maximum Gasteiger partial charge on any atom is 0.166 e. The van der Waals surface area contributed by atoms with Crippen molar-refractivity contribution in [2.24, 2.45) is 5.92 Å². The highest BCUT2D eigenvalue weighted by Crippen LogP contribution is 2.40. The van der Waals surface area contributed by atoms with Crippen LogP contribution in [0.4, 0.5) is 13.2 Å². The lowest BCUT2D eigenvalue weighted by Gasteiger charge is -2.30. The Labute approximate surface area is 204 Å². The first-order valence-corrected chi connectivity index (χ1v) is 12.3. The van der Waals surface area contributed by atoms with E-state index in [4.69, 9.17) is 4.74 Å². The van der Waals surface area contributed by atoms with Crippen molar-refractivity contribution in [2.45, 2.75) is 50.7 Å². The molecule has 2 aliphatic rings. The van der Waals surface area contributed by atoms with Crippen LogP contribution in [0, 0.1) is 23.4 Å². The molecule has 0 radical (unpaired) electrons. The number of aliphatic hydroxyl groups excluding tert-OH is 1. The van der Waals surface area contributed by atoms with Crippen LogP contribution in [-0.2, 0) is 4.74 Å². The summed E-state index contributed by atoms with van der Waals surface area (Å²) in [6, 6.07) is 15.6. The zero-order valence-corrected chi connectivity index (χ0v) is 19.7. The Bertz CT molecular complexity index is 1220. The fourth-order valence-corrected chi connectivity index (χ4v) is 5.12. The third kappa shape index (κ3) is 5.21. The molecule has 35 heavy (non-hydrogen) atoms. The molecular weight excluding hydrogens is 449 g/mol. The standard InChI is InChI=1S/C30H29F3O2/c1-18(34)21-9-11-23(12-10-21)25-15-14-24(29(32)30(25)33)22-7-4-19(5-8-22)2-3-20-6-13-26(27(31)16-20)28-17-35-28/h2-8,13-16,18,21,23,28,34H,9-12,17H2,1H3/b3-2+. The van der Waals surface area contributed by atoms with Crippen molar-refractivity contribution in [1.29, 1.82) is 0 Å². The maximum absolute atomic E-state index is 15.0. The molecule has 1 saturated heterocycles. The molecule has 0 amide bonds. The fourth-order valence-electron chi connectivity index (χ4n) is 5.12. The number of aliphatic hydroxyl groups is 1. The molecule has 1 aliphatic carbocycles. The molecule has 1 saturated carbocycles. The van der Waals surface area contributed by atoms with Gasteiger partial charge in [0.1, 0.15) is 11.9 Å². The highest BCUT2D eigenvalue weighted by Gasteiger charge is 2.29. The lowest BCUT2D eigenvalue weighted by Crippen LogP contribution is -2.23. The Balaban J connectivity index is 1.29. The molecule has 5 heteroatoms. The van der Waals surface area contributed by atoms with Crippen molar-refractivity contribution in [2.75, 3.05) is 6.61 Å². The first-order valence-electron chi connectivity index (χ1n) is 12.3. The summed E-state index contributed by atoms with van der Waals surface area (Å²) in [5.74, 6) is -1.65.